The third kappa shape index (κ3) is 6.84. The highest BCUT2D eigenvalue weighted by Gasteiger charge is 2.37. The van der Waals surface area contributed by atoms with E-state index in [4.69, 9.17) is 11.1 Å². The van der Waals surface area contributed by atoms with Crippen LogP contribution in [0, 0.1) is 5.41 Å². The van der Waals surface area contributed by atoms with E-state index in [-0.39, 0.29) is 17.8 Å². The summed E-state index contributed by atoms with van der Waals surface area (Å²) in [6.45, 7) is 0.947. The second kappa shape index (κ2) is 11.9. The zero-order valence-electron chi connectivity index (χ0n) is 17.3. The Bertz CT molecular complexity index is 727. The summed E-state index contributed by atoms with van der Waals surface area (Å²) in [5.41, 5.74) is 6.26. The third-order valence-electron chi connectivity index (χ3n) is 5.21. The number of likely N-dealkylation sites (tertiary alicyclic amines) is 1. The van der Waals surface area contributed by atoms with Crippen molar-refractivity contribution in [1.29, 1.82) is 5.41 Å². The number of likely N-dealkylation sites (N-methyl/N-ethyl adjacent to an activating group) is 1. The molecule has 1 aliphatic rings. The number of rotatable bonds is 11. The molecule has 1 aromatic rings. The predicted molar refractivity (Wildman–Crippen MR) is 115 cm³/mol. The fraction of sp³-hybridized carbons (Fsp3) is 0.524. The molecule has 163 valence electrons. The van der Waals surface area contributed by atoms with Crippen molar-refractivity contribution in [2.75, 3.05) is 20.1 Å². The number of nitrogens with two attached hydrogens (primary N) is 1. The maximum Gasteiger partial charge on any atom is 0.243 e. The van der Waals surface area contributed by atoms with Crippen molar-refractivity contribution in [3.63, 3.8) is 0 Å². The van der Waals surface area contributed by atoms with E-state index in [0.717, 1.165) is 12.0 Å². The second-order valence-corrected chi connectivity index (χ2v) is 7.38. The Morgan fingerprint density at radius 2 is 2.07 bits per heavy atom. The summed E-state index contributed by atoms with van der Waals surface area (Å²) in [4.78, 5) is 38.7. The Morgan fingerprint density at radius 1 is 1.33 bits per heavy atom. The van der Waals surface area contributed by atoms with E-state index < -0.39 is 18.1 Å². The Hall–Kier alpha value is -2.94. The monoisotopic (exact) mass is 415 g/mol. The molecule has 1 heterocycles. The summed E-state index contributed by atoms with van der Waals surface area (Å²) in [6, 6.07) is 7.96. The molecule has 1 aliphatic heterocycles. The lowest BCUT2D eigenvalue weighted by Crippen LogP contribution is -2.54. The third-order valence-corrected chi connectivity index (χ3v) is 5.21. The molecule has 9 heteroatoms. The summed E-state index contributed by atoms with van der Waals surface area (Å²) < 4.78 is 0. The highest BCUT2D eigenvalue weighted by atomic mass is 16.2. The molecule has 0 aromatic heterocycles. The highest BCUT2D eigenvalue weighted by Crippen LogP contribution is 2.20. The molecule has 0 bridgehead atoms. The first-order valence-electron chi connectivity index (χ1n) is 10.2. The van der Waals surface area contributed by atoms with Crippen LogP contribution in [0.15, 0.2) is 30.3 Å². The zero-order valence-corrected chi connectivity index (χ0v) is 17.3. The normalized spacial score (nSPS) is 17.8. The van der Waals surface area contributed by atoms with Gasteiger partial charge in [0, 0.05) is 13.1 Å². The fourth-order valence-electron chi connectivity index (χ4n) is 3.62. The minimum Gasteiger partial charge on any atom is -0.370 e. The summed E-state index contributed by atoms with van der Waals surface area (Å²) in [7, 11) is 1.74. The number of hydrogen-bond donors (Lipinski definition) is 5. The molecular formula is C21H31N6O3. The average Bonchev–Trinajstić information content (AvgIpc) is 3.24. The molecule has 0 saturated carbocycles. The van der Waals surface area contributed by atoms with Crippen LogP contribution in [0.5, 0.6) is 0 Å². The standard InChI is InChI=1S/C21H31N6O3/c1-24-17(13-15-7-3-2-4-8-15)20(30)27-12-6-10-18(27)19(29)26-16(14-28)9-5-11-25-21(22)23/h2-4,7-8,16-18,24H,5-6,9-13H2,1H3,(H,26,29)(H4,22,23,25)/t16-,17+,18-/m0/s1. The lowest BCUT2D eigenvalue weighted by molar-refractivity contribution is -0.140. The number of nitrogens with zero attached hydrogens (tertiary/aromatic N) is 1. The molecule has 1 fully saturated rings. The Balaban J connectivity index is 1.93. The van der Waals surface area contributed by atoms with E-state index in [9.17, 15) is 14.4 Å². The minimum absolute atomic E-state index is 0.115. The van der Waals surface area contributed by atoms with Gasteiger partial charge >= 0.3 is 0 Å². The molecule has 3 atom stereocenters. The molecule has 0 aliphatic carbocycles. The number of amides is 2. The number of nitrogens with one attached hydrogen (secondary N) is 4. The summed E-state index contributed by atoms with van der Waals surface area (Å²) in [6.07, 6.45) is 4.61. The van der Waals surface area contributed by atoms with Gasteiger partial charge in [-0.1, -0.05) is 30.3 Å². The Morgan fingerprint density at radius 3 is 2.70 bits per heavy atom. The van der Waals surface area contributed by atoms with Crippen LogP contribution < -0.4 is 21.7 Å². The van der Waals surface area contributed by atoms with Crippen LogP contribution in [0.4, 0.5) is 0 Å². The van der Waals surface area contributed by atoms with E-state index in [1.807, 2.05) is 36.6 Å². The average molecular weight is 416 g/mol. The molecule has 1 saturated heterocycles. The summed E-state index contributed by atoms with van der Waals surface area (Å²) in [5.74, 6) is -0.583. The largest absolute Gasteiger partial charge is 0.370 e. The number of guanidine groups is 1. The van der Waals surface area contributed by atoms with Gasteiger partial charge in [0.25, 0.3) is 0 Å². The molecule has 1 aromatic carbocycles. The SMILES string of the molecule is CN[C@H](Cc1ccccc1)C(=O)N1CCC[C@H]1C(=O)N[C@H]([C]=O)CCCNC(=N)N. The van der Waals surface area contributed by atoms with Gasteiger partial charge < -0.3 is 26.6 Å². The molecule has 30 heavy (non-hydrogen) atoms. The first-order chi connectivity index (χ1) is 14.5. The zero-order chi connectivity index (χ0) is 21.9. The van der Waals surface area contributed by atoms with Crippen molar-refractivity contribution in [2.45, 2.75) is 50.2 Å². The molecule has 0 unspecified atom stereocenters. The topological polar surface area (TPSA) is 140 Å². The van der Waals surface area contributed by atoms with Gasteiger partial charge in [0.15, 0.2) is 5.96 Å². The van der Waals surface area contributed by atoms with Gasteiger partial charge in [0.2, 0.25) is 18.1 Å². The van der Waals surface area contributed by atoms with Gasteiger partial charge in [-0.2, -0.15) is 0 Å². The van der Waals surface area contributed by atoms with Crippen molar-refractivity contribution < 1.29 is 14.4 Å². The van der Waals surface area contributed by atoms with Gasteiger partial charge in [-0.25, -0.2) is 0 Å². The fourth-order valence-corrected chi connectivity index (χ4v) is 3.62. The van der Waals surface area contributed by atoms with E-state index >= 15 is 0 Å². The van der Waals surface area contributed by atoms with E-state index in [2.05, 4.69) is 16.0 Å². The van der Waals surface area contributed by atoms with Crippen molar-refractivity contribution in [3.8, 4) is 0 Å². The van der Waals surface area contributed by atoms with Crippen molar-refractivity contribution >= 4 is 24.1 Å². The first-order valence-corrected chi connectivity index (χ1v) is 10.2. The van der Waals surface area contributed by atoms with Crippen molar-refractivity contribution in [3.05, 3.63) is 35.9 Å². The van der Waals surface area contributed by atoms with Crippen LogP contribution >= 0.6 is 0 Å². The van der Waals surface area contributed by atoms with Crippen LogP contribution in [-0.4, -0.2) is 67.2 Å². The maximum absolute atomic E-state index is 13.1. The van der Waals surface area contributed by atoms with E-state index in [0.29, 0.717) is 38.8 Å². The number of carbonyl (C=O) groups excluding carboxylic acids is 3. The van der Waals surface area contributed by atoms with Crippen molar-refractivity contribution in [1.82, 2.24) is 20.9 Å². The van der Waals surface area contributed by atoms with Crippen LogP contribution in [0.3, 0.4) is 0 Å². The summed E-state index contributed by atoms with van der Waals surface area (Å²) >= 11 is 0. The molecule has 1 radical (unpaired) electrons. The predicted octanol–water partition coefficient (Wildman–Crippen LogP) is -0.334. The van der Waals surface area contributed by atoms with Crippen LogP contribution in [0.1, 0.15) is 31.2 Å². The van der Waals surface area contributed by atoms with Crippen LogP contribution in [0.2, 0.25) is 0 Å². The molecular weight excluding hydrogens is 384 g/mol. The number of carbonyl (C=O) groups is 2. The Kier molecular flexibility index (Phi) is 9.27. The molecule has 2 rings (SSSR count). The van der Waals surface area contributed by atoms with Gasteiger partial charge in [0.05, 0.1) is 12.1 Å². The second-order valence-electron chi connectivity index (χ2n) is 7.38. The molecule has 2 amide bonds. The highest BCUT2D eigenvalue weighted by molar-refractivity contribution is 5.91. The molecule has 0 spiro atoms. The quantitative estimate of drug-likeness (QED) is 0.190. The maximum atomic E-state index is 13.1. The number of benzene rings is 1. The minimum atomic E-state index is -0.756. The van der Waals surface area contributed by atoms with Crippen molar-refractivity contribution in [2.24, 2.45) is 5.73 Å². The van der Waals surface area contributed by atoms with Crippen LogP contribution in [-0.2, 0) is 20.8 Å². The van der Waals surface area contributed by atoms with Gasteiger partial charge in [-0.05, 0) is 44.7 Å². The van der Waals surface area contributed by atoms with Gasteiger partial charge in [-0.15, -0.1) is 0 Å². The first kappa shape index (κ1) is 23.3. The molecule has 6 N–H and O–H groups in total. The van der Waals surface area contributed by atoms with E-state index in [1.54, 1.807) is 11.9 Å². The lowest BCUT2D eigenvalue weighted by atomic mass is 10.0. The smallest absolute Gasteiger partial charge is 0.243 e. The molecule has 9 nitrogen and oxygen atoms in total. The summed E-state index contributed by atoms with van der Waals surface area (Å²) in [5, 5.41) is 15.5. The Labute approximate surface area is 177 Å². The lowest BCUT2D eigenvalue weighted by Gasteiger charge is -2.29. The number of hydrogen-bond acceptors (Lipinski definition) is 5. The van der Waals surface area contributed by atoms with E-state index in [1.165, 1.54) is 0 Å². The van der Waals surface area contributed by atoms with Gasteiger partial charge in [-0.3, -0.25) is 19.8 Å². The van der Waals surface area contributed by atoms with Gasteiger partial charge in [0.1, 0.15) is 6.04 Å². The van der Waals surface area contributed by atoms with Crippen LogP contribution in [0.25, 0.3) is 0 Å².